The third kappa shape index (κ3) is 2.76. The zero-order chi connectivity index (χ0) is 19.1. The van der Waals surface area contributed by atoms with Crippen molar-refractivity contribution in [3.05, 3.63) is 53.2 Å². The fourth-order valence-electron chi connectivity index (χ4n) is 3.76. The SMILES string of the molecule is COc1cc([C@@H](O)[C@H]2C(=O)NCCc3c[nH]c4ccc(O)c2c34)ccc1O. The number of hydrogen-bond donors (Lipinski definition) is 5. The van der Waals surface area contributed by atoms with Crippen LogP contribution in [0.15, 0.2) is 36.5 Å². The van der Waals surface area contributed by atoms with Crippen molar-refractivity contribution in [2.24, 2.45) is 0 Å². The van der Waals surface area contributed by atoms with E-state index in [2.05, 4.69) is 10.3 Å². The van der Waals surface area contributed by atoms with Crippen LogP contribution in [-0.4, -0.2) is 39.9 Å². The second kappa shape index (κ2) is 6.51. The Balaban J connectivity index is 1.91. The smallest absolute Gasteiger partial charge is 0.230 e. The molecule has 0 saturated carbocycles. The average Bonchev–Trinajstić information content (AvgIpc) is 3.05. The van der Waals surface area contributed by atoms with Gasteiger partial charge in [-0.1, -0.05) is 6.07 Å². The summed E-state index contributed by atoms with van der Waals surface area (Å²) < 4.78 is 5.10. The second-order valence-electron chi connectivity index (χ2n) is 6.63. The van der Waals surface area contributed by atoms with Crippen LogP contribution in [0, 0.1) is 0 Å². The number of aliphatic hydroxyl groups excluding tert-OH is 1. The molecular weight excluding hydrogens is 348 g/mol. The predicted molar refractivity (Wildman–Crippen MR) is 99.0 cm³/mol. The molecule has 0 bridgehead atoms. The number of H-pyrrole nitrogens is 1. The van der Waals surface area contributed by atoms with Crippen LogP contribution < -0.4 is 10.1 Å². The molecule has 0 radical (unpaired) electrons. The lowest BCUT2D eigenvalue weighted by Gasteiger charge is -2.27. The lowest BCUT2D eigenvalue weighted by molar-refractivity contribution is -0.125. The number of aromatic amines is 1. The molecule has 0 spiro atoms. The van der Waals surface area contributed by atoms with Gasteiger partial charge in [-0.3, -0.25) is 4.79 Å². The van der Waals surface area contributed by atoms with E-state index in [4.69, 9.17) is 4.74 Å². The summed E-state index contributed by atoms with van der Waals surface area (Å²) in [5.74, 6) is -1.30. The number of nitrogens with one attached hydrogen (secondary N) is 2. The Labute approximate surface area is 155 Å². The van der Waals surface area contributed by atoms with Crippen molar-refractivity contribution < 1.29 is 24.9 Å². The fourth-order valence-corrected chi connectivity index (χ4v) is 3.76. The average molecular weight is 368 g/mol. The fraction of sp³-hybridized carbons (Fsp3) is 0.250. The van der Waals surface area contributed by atoms with Gasteiger partial charge in [-0.2, -0.15) is 0 Å². The number of methoxy groups -OCH3 is 1. The summed E-state index contributed by atoms with van der Waals surface area (Å²) >= 11 is 0. The molecule has 140 valence electrons. The maximum Gasteiger partial charge on any atom is 0.230 e. The van der Waals surface area contributed by atoms with Crippen LogP contribution in [0.25, 0.3) is 10.9 Å². The molecule has 2 atom stereocenters. The standard InChI is InChI=1S/C20H20N2O5/c1-27-15-8-10(2-4-13(15)23)19(25)18-17-14(24)5-3-12-16(17)11(9-22-12)6-7-21-20(18)26/h2-5,8-9,18-19,22-25H,6-7H2,1H3,(H,21,26)/t18-,19+/m0/s1. The van der Waals surface area contributed by atoms with Crippen LogP contribution in [0.2, 0.25) is 0 Å². The molecule has 1 aliphatic rings. The molecule has 2 heterocycles. The number of phenolic OH excluding ortho intramolecular Hbond substituents is 2. The molecular formula is C20H20N2O5. The summed E-state index contributed by atoms with van der Waals surface area (Å²) in [6.07, 6.45) is 1.24. The van der Waals surface area contributed by atoms with Crippen LogP contribution in [0.1, 0.15) is 28.7 Å². The van der Waals surface area contributed by atoms with Gasteiger partial charge < -0.3 is 30.4 Å². The van der Waals surface area contributed by atoms with Gasteiger partial charge in [-0.15, -0.1) is 0 Å². The summed E-state index contributed by atoms with van der Waals surface area (Å²) in [5, 5.41) is 35.0. The Morgan fingerprint density at radius 1 is 1.19 bits per heavy atom. The van der Waals surface area contributed by atoms with E-state index in [1.165, 1.54) is 31.4 Å². The van der Waals surface area contributed by atoms with Crippen molar-refractivity contribution in [1.29, 1.82) is 0 Å². The van der Waals surface area contributed by atoms with E-state index in [1.807, 2.05) is 6.20 Å². The van der Waals surface area contributed by atoms with Crippen LogP contribution >= 0.6 is 0 Å². The number of aliphatic hydroxyl groups is 1. The summed E-state index contributed by atoms with van der Waals surface area (Å²) in [5.41, 5.74) is 2.56. The van der Waals surface area contributed by atoms with Gasteiger partial charge in [0, 0.05) is 29.2 Å². The number of carbonyl (C=O) groups excluding carboxylic acids is 1. The molecule has 27 heavy (non-hydrogen) atoms. The third-order valence-corrected chi connectivity index (χ3v) is 5.09. The van der Waals surface area contributed by atoms with E-state index in [9.17, 15) is 20.1 Å². The van der Waals surface area contributed by atoms with Gasteiger partial charge in [0.15, 0.2) is 11.5 Å². The van der Waals surface area contributed by atoms with Gasteiger partial charge in [0.25, 0.3) is 0 Å². The largest absolute Gasteiger partial charge is 0.508 e. The van der Waals surface area contributed by atoms with Crippen molar-refractivity contribution in [3.8, 4) is 17.2 Å². The number of aromatic hydroxyl groups is 2. The summed E-state index contributed by atoms with van der Waals surface area (Å²) in [7, 11) is 1.41. The molecule has 1 aliphatic heterocycles. The maximum absolute atomic E-state index is 12.9. The van der Waals surface area contributed by atoms with Crippen molar-refractivity contribution in [1.82, 2.24) is 10.3 Å². The molecule has 5 N–H and O–H groups in total. The van der Waals surface area contributed by atoms with Crippen molar-refractivity contribution >= 4 is 16.8 Å². The molecule has 1 aromatic heterocycles. The Morgan fingerprint density at radius 2 is 1.96 bits per heavy atom. The molecule has 0 saturated heterocycles. The zero-order valence-corrected chi connectivity index (χ0v) is 14.7. The molecule has 7 heteroatoms. The molecule has 3 aromatic rings. The maximum atomic E-state index is 12.9. The summed E-state index contributed by atoms with van der Waals surface area (Å²) in [6.45, 7) is 0.434. The van der Waals surface area contributed by atoms with Gasteiger partial charge in [-0.25, -0.2) is 0 Å². The Bertz CT molecular complexity index is 1030. The molecule has 4 rings (SSSR count). The first-order valence-corrected chi connectivity index (χ1v) is 8.65. The molecule has 0 unspecified atom stereocenters. The zero-order valence-electron chi connectivity index (χ0n) is 14.7. The van der Waals surface area contributed by atoms with E-state index in [0.717, 1.165) is 16.5 Å². The van der Waals surface area contributed by atoms with Gasteiger partial charge in [0.2, 0.25) is 5.91 Å². The molecule has 0 aliphatic carbocycles. The second-order valence-corrected chi connectivity index (χ2v) is 6.63. The number of benzene rings is 2. The van der Waals surface area contributed by atoms with E-state index < -0.39 is 12.0 Å². The number of phenols is 2. The topological polar surface area (TPSA) is 115 Å². The van der Waals surface area contributed by atoms with Crippen LogP contribution in [-0.2, 0) is 11.2 Å². The van der Waals surface area contributed by atoms with E-state index in [1.54, 1.807) is 6.07 Å². The minimum absolute atomic E-state index is 0.0461. The Morgan fingerprint density at radius 3 is 2.74 bits per heavy atom. The van der Waals surface area contributed by atoms with E-state index in [0.29, 0.717) is 24.1 Å². The van der Waals surface area contributed by atoms with Crippen molar-refractivity contribution in [2.45, 2.75) is 18.4 Å². The number of rotatable bonds is 3. The first-order chi connectivity index (χ1) is 13.0. The lowest BCUT2D eigenvalue weighted by atomic mass is 9.84. The molecule has 1 amide bonds. The van der Waals surface area contributed by atoms with Crippen LogP contribution in [0.3, 0.4) is 0 Å². The molecule has 0 fully saturated rings. The van der Waals surface area contributed by atoms with Crippen LogP contribution in [0.5, 0.6) is 17.2 Å². The Hall–Kier alpha value is -3.19. The highest BCUT2D eigenvalue weighted by molar-refractivity contribution is 5.96. The van der Waals surface area contributed by atoms with Gasteiger partial charge >= 0.3 is 0 Å². The van der Waals surface area contributed by atoms with Gasteiger partial charge in [0.1, 0.15) is 5.75 Å². The first kappa shape index (κ1) is 17.2. The normalized spacial score (nSPS) is 17.9. The van der Waals surface area contributed by atoms with Crippen LogP contribution in [0.4, 0.5) is 0 Å². The quantitative estimate of drug-likeness (QED) is 0.486. The highest BCUT2D eigenvalue weighted by Crippen LogP contribution is 2.43. The van der Waals surface area contributed by atoms with E-state index >= 15 is 0 Å². The minimum Gasteiger partial charge on any atom is -0.508 e. The number of aromatic nitrogens is 1. The summed E-state index contributed by atoms with van der Waals surface area (Å²) in [4.78, 5) is 16.0. The Kier molecular flexibility index (Phi) is 4.16. The molecule has 2 aromatic carbocycles. The van der Waals surface area contributed by atoms with Crippen molar-refractivity contribution in [2.75, 3.05) is 13.7 Å². The van der Waals surface area contributed by atoms with E-state index in [-0.39, 0.29) is 23.2 Å². The number of hydrogen-bond acceptors (Lipinski definition) is 5. The highest BCUT2D eigenvalue weighted by atomic mass is 16.5. The van der Waals surface area contributed by atoms with Gasteiger partial charge in [-0.05, 0) is 41.8 Å². The first-order valence-electron chi connectivity index (χ1n) is 8.65. The summed E-state index contributed by atoms with van der Waals surface area (Å²) in [6, 6.07) is 7.69. The highest BCUT2D eigenvalue weighted by Gasteiger charge is 2.35. The monoisotopic (exact) mass is 368 g/mol. The minimum atomic E-state index is -1.24. The predicted octanol–water partition coefficient (Wildman–Crippen LogP) is 2.08. The number of ether oxygens (including phenoxy) is 1. The van der Waals surface area contributed by atoms with Crippen molar-refractivity contribution in [3.63, 3.8) is 0 Å². The third-order valence-electron chi connectivity index (χ3n) is 5.09. The number of carbonyl (C=O) groups is 1. The van der Waals surface area contributed by atoms with Gasteiger partial charge in [0.05, 0.1) is 19.1 Å². The lowest BCUT2D eigenvalue weighted by Crippen LogP contribution is -2.35. The number of amides is 1. The molecule has 7 nitrogen and oxygen atoms in total.